The Hall–Kier alpha value is -3.27. The number of nitrogens with one attached hydrogen (secondary N) is 3. The molecular formula is C21H27N3O6S. The number of amides is 2. The summed E-state index contributed by atoms with van der Waals surface area (Å²) in [5.74, 6) is -0.0487. The quantitative estimate of drug-likeness (QED) is 0.596. The third-order valence-corrected chi connectivity index (χ3v) is 4.40. The molecule has 0 unspecified atom stereocenters. The van der Waals surface area contributed by atoms with Crippen molar-refractivity contribution >= 4 is 33.4 Å². The van der Waals surface area contributed by atoms with E-state index in [1.807, 2.05) is 0 Å². The highest BCUT2D eigenvalue weighted by molar-refractivity contribution is 7.92. The molecule has 0 aliphatic heterocycles. The maximum Gasteiger partial charge on any atom is 0.407 e. The Morgan fingerprint density at radius 2 is 1.68 bits per heavy atom. The van der Waals surface area contributed by atoms with Crippen LogP contribution in [0.3, 0.4) is 0 Å². The summed E-state index contributed by atoms with van der Waals surface area (Å²) in [6.07, 6.45) is 0.504. The van der Waals surface area contributed by atoms with Crippen LogP contribution in [0.25, 0.3) is 0 Å². The van der Waals surface area contributed by atoms with Crippen LogP contribution in [0, 0.1) is 0 Å². The van der Waals surface area contributed by atoms with Crippen molar-refractivity contribution in [2.24, 2.45) is 0 Å². The predicted molar refractivity (Wildman–Crippen MR) is 119 cm³/mol. The highest BCUT2D eigenvalue weighted by atomic mass is 32.2. The largest absolute Gasteiger partial charge is 0.495 e. The third-order valence-electron chi connectivity index (χ3n) is 3.80. The zero-order chi connectivity index (χ0) is 23.2. The van der Waals surface area contributed by atoms with Crippen molar-refractivity contribution in [2.75, 3.05) is 23.4 Å². The normalized spacial score (nSPS) is 11.4. The summed E-state index contributed by atoms with van der Waals surface area (Å²) >= 11 is 0. The van der Waals surface area contributed by atoms with E-state index in [-0.39, 0.29) is 18.1 Å². The highest BCUT2D eigenvalue weighted by Crippen LogP contribution is 2.28. The van der Waals surface area contributed by atoms with Crippen molar-refractivity contribution in [1.82, 2.24) is 5.32 Å². The summed E-state index contributed by atoms with van der Waals surface area (Å²) in [5, 5.41) is 5.36. The summed E-state index contributed by atoms with van der Waals surface area (Å²) in [7, 11) is -2.10. The molecule has 168 valence electrons. The molecule has 10 heteroatoms. The van der Waals surface area contributed by atoms with Gasteiger partial charge in [0.15, 0.2) is 0 Å². The second kappa shape index (κ2) is 9.69. The lowest BCUT2D eigenvalue weighted by molar-refractivity contribution is 0.0523. The average Bonchev–Trinajstić information content (AvgIpc) is 2.64. The number of methoxy groups -OCH3 is 1. The van der Waals surface area contributed by atoms with Crippen molar-refractivity contribution < 1.29 is 27.5 Å². The van der Waals surface area contributed by atoms with E-state index in [4.69, 9.17) is 9.47 Å². The number of rotatable bonds is 7. The summed E-state index contributed by atoms with van der Waals surface area (Å²) in [4.78, 5) is 24.2. The second-order valence-electron chi connectivity index (χ2n) is 7.80. The highest BCUT2D eigenvalue weighted by Gasteiger charge is 2.16. The smallest absolute Gasteiger partial charge is 0.407 e. The lowest BCUT2D eigenvalue weighted by Crippen LogP contribution is -2.32. The first-order chi connectivity index (χ1) is 14.4. The van der Waals surface area contributed by atoms with Gasteiger partial charge in [-0.1, -0.05) is 12.1 Å². The van der Waals surface area contributed by atoms with E-state index in [1.165, 1.54) is 13.2 Å². The first kappa shape index (κ1) is 24.0. The van der Waals surface area contributed by atoms with Crippen LogP contribution in [0.5, 0.6) is 5.75 Å². The lowest BCUT2D eigenvalue weighted by Gasteiger charge is -2.19. The molecule has 0 radical (unpaired) electrons. The van der Waals surface area contributed by atoms with E-state index in [9.17, 15) is 18.0 Å². The monoisotopic (exact) mass is 449 g/mol. The Balaban J connectivity index is 2.03. The molecule has 0 atom stereocenters. The van der Waals surface area contributed by atoms with E-state index in [0.717, 1.165) is 11.8 Å². The fourth-order valence-electron chi connectivity index (χ4n) is 2.53. The van der Waals surface area contributed by atoms with Gasteiger partial charge in [0.1, 0.15) is 11.4 Å². The van der Waals surface area contributed by atoms with Crippen LogP contribution in [0.1, 0.15) is 36.7 Å². The van der Waals surface area contributed by atoms with Crippen LogP contribution < -0.4 is 20.1 Å². The topological polar surface area (TPSA) is 123 Å². The maximum absolute atomic E-state index is 12.5. The van der Waals surface area contributed by atoms with Crippen LogP contribution in [0.2, 0.25) is 0 Å². The summed E-state index contributed by atoms with van der Waals surface area (Å²) in [5.41, 5.74) is 1.23. The van der Waals surface area contributed by atoms with Crippen molar-refractivity contribution in [3.8, 4) is 5.75 Å². The predicted octanol–water partition coefficient (Wildman–Crippen LogP) is 3.34. The molecule has 9 nitrogen and oxygen atoms in total. The molecule has 0 aliphatic rings. The average molecular weight is 450 g/mol. The fourth-order valence-corrected chi connectivity index (χ4v) is 3.09. The van der Waals surface area contributed by atoms with Gasteiger partial charge in [0.05, 0.1) is 19.1 Å². The summed E-state index contributed by atoms with van der Waals surface area (Å²) in [6.45, 7) is 5.60. The zero-order valence-electron chi connectivity index (χ0n) is 18.1. The maximum atomic E-state index is 12.5. The third kappa shape index (κ3) is 8.17. The first-order valence-corrected chi connectivity index (χ1v) is 11.3. The summed E-state index contributed by atoms with van der Waals surface area (Å²) in [6, 6.07) is 11.3. The molecule has 2 rings (SSSR count). The minimum Gasteiger partial charge on any atom is -0.495 e. The molecule has 31 heavy (non-hydrogen) atoms. The zero-order valence-corrected chi connectivity index (χ0v) is 18.9. The number of hydrogen-bond donors (Lipinski definition) is 3. The van der Waals surface area contributed by atoms with E-state index < -0.39 is 21.7 Å². The van der Waals surface area contributed by atoms with Crippen molar-refractivity contribution in [3.63, 3.8) is 0 Å². The van der Waals surface area contributed by atoms with Gasteiger partial charge in [0.25, 0.3) is 5.91 Å². The van der Waals surface area contributed by atoms with Crippen LogP contribution in [-0.2, 0) is 21.3 Å². The Morgan fingerprint density at radius 3 is 2.23 bits per heavy atom. The number of anilines is 2. The van der Waals surface area contributed by atoms with E-state index in [0.29, 0.717) is 17.0 Å². The molecular weight excluding hydrogens is 422 g/mol. The number of carbonyl (C=O) groups is 2. The lowest BCUT2D eigenvalue weighted by atomic mass is 10.1. The van der Waals surface area contributed by atoms with Gasteiger partial charge in [0.2, 0.25) is 10.0 Å². The molecule has 0 saturated heterocycles. The van der Waals surface area contributed by atoms with Gasteiger partial charge in [-0.2, -0.15) is 0 Å². The Morgan fingerprint density at radius 1 is 1.03 bits per heavy atom. The molecule has 2 aromatic carbocycles. The van der Waals surface area contributed by atoms with E-state index >= 15 is 0 Å². The van der Waals surface area contributed by atoms with Crippen molar-refractivity contribution in [2.45, 2.75) is 32.9 Å². The van der Waals surface area contributed by atoms with E-state index in [2.05, 4.69) is 15.4 Å². The molecule has 0 saturated carbocycles. The number of carbonyl (C=O) groups excluding carboxylic acids is 2. The number of hydrogen-bond acceptors (Lipinski definition) is 6. The number of sulfonamides is 1. The fraction of sp³-hybridized carbons (Fsp3) is 0.333. The molecule has 2 amide bonds. The molecule has 0 aliphatic carbocycles. The van der Waals surface area contributed by atoms with Gasteiger partial charge >= 0.3 is 6.09 Å². The van der Waals surface area contributed by atoms with Gasteiger partial charge < -0.3 is 20.1 Å². The van der Waals surface area contributed by atoms with Crippen LogP contribution in [-0.4, -0.2) is 39.4 Å². The molecule has 0 aromatic heterocycles. The van der Waals surface area contributed by atoms with Gasteiger partial charge in [0, 0.05) is 17.8 Å². The van der Waals surface area contributed by atoms with Gasteiger partial charge in [-0.3, -0.25) is 9.52 Å². The molecule has 0 spiro atoms. The standard InChI is InChI=1S/C21H27N3O6S/c1-21(2,3)30-20(26)22-13-14-6-8-15(9-7-14)19(25)23-16-10-11-18(29-4)17(12-16)24-31(5,27)28/h6-12,24H,13H2,1-5H3,(H,22,26)(H,23,25). The SMILES string of the molecule is COc1ccc(NC(=O)c2ccc(CNC(=O)OC(C)(C)C)cc2)cc1NS(C)(=O)=O. The second-order valence-corrected chi connectivity index (χ2v) is 9.54. The molecule has 3 N–H and O–H groups in total. The van der Waals surface area contributed by atoms with Gasteiger partial charge in [-0.15, -0.1) is 0 Å². The van der Waals surface area contributed by atoms with Crippen molar-refractivity contribution in [1.29, 1.82) is 0 Å². The van der Waals surface area contributed by atoms with Crippen LogP contribution in [0.15, 0.2) is 42.5 Å². The Bertz CT molecular complexity index is 1040. The first-order valence-electron chi connectivity index (χ1n) is 9.39. The molecule has 0 fully saturated rings. The van der Waals surface area contributed by atoms with Crippen LogP contribution >= 0.6 is 0 Å². The molecule has 0 heterocycles. The van der Waals surface area contributed by atoms with E-state index in [1.54, 1.807) is 57.2 Å². The molecule has 0 bridgehead atoms. The number of alkyl carbamates (subject to hydrolysis) is 1. The van der Waals surface area contributed by atoms with Crippen molar-refractivity contribution in [3.05, 3.63) is 53.6 Å². The molecule has 2 aromatic rings. The van der Waals surface area contributed by atoms with Crippen LogP contribution in [0.4, 0.5) is 16.2 Å². The number of ether oxygens (including phenoxy) is 2. The Kier molecular flexibility index (Phi) is 7.50. The van der Waals surface area contributed by atoms with Gasteiger partial charge in [-0.05, 0) is 56.7 Å². The Labute approximate surface area is 182 Å². The minimum absolute atomic E-state index is 0.214. The number of benzene rings is 2. The van der Waals surface area contributed by atoms with Gasteiger partial charge in [-0.25, -0.2) is 13.2 Å². The summed E-state index contributed by atoms with van der Waals surface area (Å²) < 4.78 is 35.7. The minimum atomic E-state index is -3.52.